The maximum absolute atomic E-state index is 6.18. The first kappa shape index (κ1) is 9.54. The Hall–Kier alpha value is -0.0100. The average molecular weight is 260 g/mol. The molecule has 0 N–H and O–H groups in total. The molecule has 0 nitrogen and oxygen atoms in total. The average Bonchev–Trinajstić information content (AvgIpc) is 2.07. The van der Waals surface area contributed by atoms with Crippen LogP contribution in [0.1, 0.15) is 24.8 Å². The molecule has 0 aliphatic heterocycles. The molecule has 0 atom stereocenters. The lowest BCUT2D eigenvalue weighted by molar-refractivity contribution is 0.281. The zero-order chi connectivity index (χ0) is 9.31. The predicted molar refractivity (Wildman–Crippen MR) is 60.8 cm³/mol. The second kappa shape index (κ2) is 3.62. The van der Waals surface area contributed by atoms with Gasteiger partial charge in [0.2, 0.25) is 0 Å². The molecule has 1 fully saturated rings. The second-order valence-corrected chi connectivity index (χ2v) is 4.72. The van der Waals surface area contributed by atoms with E-state index in [0.29, 0.717) is 5.41 Å². The van der Waals surface area contributed by atoms with Crippen molar-refractivity contribution in [2.45, 2.75) is 24.7 Å². The van der Waals surface area contributed by atoms with Crippen molar-refractivity contribution < 1.29 is 0 Å². The summed E-state index contributed by atoms with van der Waals surface area (Å²) in [6, 6.07) is 8.21. The van der Waals surface area contributed by atoms with Crippen LogP contribution in [0.2, 0.25) is 5.02 Å². The zero-order valence-electron chi connectivity index (χ0n) is 7.39. The lowest BCUT2D eigenvalue weighted by Crippen LogP contribution is -2.36. The van der Waals surface area contributed by atoms with Crippen molar-refractivity contribution in [1.82, 2.24) is 0 Å². The Morgan fingerprint density at radius 2 is 2.00 bits per heavy atom. The minimum Gasteiger partial charge on any atom is -0.0918 e. The fourth-order valence-corrected chi connectivity index (χ4v) is 3.17. The Labute approximate surface area is 92.4 Å². The third-order valence-corrected chi connectivity index (χ3v) is 4.41. The Balaban J connectivity index is 2.38. The molecule has 1 aliphatic rings. The number of halogens is 2. The van der Waals surface area contributed by atoms with Gasteiger partial charge in [-0.2, -0.15) is 0 Å². The van der Waals surface area contributed by atoms with Crippen LogP contribution in [0.25, 0.3) is 0 Å². The molecule has 0 amide bonds. The summed E-state index contributed by atoms with van der Waals surface area (Å²) in [6.45, 7) is 0. The molecule has 0 spiro atoms. The van der Waals surface area contributed by atoms with Gasteiger partial charge in [0.25, 0.3) is 0 Å². The predicted octanol–water partition coefficient (Wildman–Crippen LogP) is 4.16. The maximum Gasteiger partial charge on any atom is 0.0443 e. The van der Waals surface area contributed by atoms with Crippen molar-refractivity contribution in [3.8, 4) is 0 Å². The SMILES string of the molecule is Clc1ccccc1C1(CBr)CCC1. The van der Waals surface area contributed by atoms with Crippen LogP contribution < -0.4 is 0 Å². The largest absolute Gasteiger partial charge is 0.0918 e. The van der Waals surface area contributed by atoms with Crippen molar-refractivity contribution in [3.05, 3.63) is 34.9 Å². The highest BCUT2D eigenvalue weighted by molar-refractivity contribution is 9.09. The minimum atomic E-state index is 0.332. The van der Waals surface area contributed by atoms with Crippen LogP contribution in [0.15, 0.2) is 24.3 Å². The molecule has 0 unspecified atom stereocenters. The summed E-state index contributed by atoms with van der Waals surface area (Å²) in [6.07, 6.45) is 3.86. The summed E-state index contributed by atoms with van der Waals surface area (Å²) in [5.41, 5.74) is 1.65. The molecule has 70 valence electrons. The van der Waals surface area contributed by atoms with Crippen molar-refractivity contribution in [2.24, 2.45) is 0 Å². The molecule has 13 heavy (non-hydrogen) atoms. The summed E-state index contributed by atoms with van der Waals surface area (Å²) >= 11 is 9.77. The van der Waals surface area contributed by atoms with Gasteiger partial charge in [0.1, 0.15) is 0 Å². The molecule has 1 aromatic rings. The van der Waals surface area contributed by atoms with E-state index in [1.54, 1.807) is 0 Å². The molecule has 0 radical (unpaired) electrons. The van der Waals surface area contributed by atoms with Crippen molar-refractivity contribution in [3.63, 3.8) is 0 Å². The van der Waals surface area contributed by atoms with E-state index >= 15 is 0 Å². The third-order valence-electron chi connectivity index (χ3n) is 3.01. The minimum absolute atomic E-state index is 0.332. The normalized spacial score (nSPS) is 19.5. The van der Waals surface area contributed by atoms with Crippen molar-refractivity contribution in [2.75, 3.05) is 5.33 Å². The van der Waals surface area contributed by atoms with Crippen LogP contribution in [0, 0.1) is 0 Å². The summed E-state index contributed by atoms with van der Waals surface area (Å²) in [5.74, 6) is 0. The number of hydrogen-bond acceptors (Lipinski definition) is 0. The van der Waals surface area contributed by atoms with Gasteiger partial charge < -0.3 is 0 Å². The molecular weight excluding hydrogens is 247 g/mol. The molecule has 2 heteroatoms. The van der Waals surface area contributed by atoms with Crippen molar-refractivity contribution in [1.29, 1.82) is 0 Å². The van der Waals surface area contributed by atoms with Crippen LogP contribution >= 0.6 is 27.5 Å². The molecule has 1 saturated carbocycles. The monoisotopic (exact) mass is 258 g/mol. The van der Waals surface area contributed by atoms with E-state index in [9.17, 15) is 0 Å². The van der Waals surface area contributed by atoms with E-state index in [4.69, 9.17) is 11.6 Å². The fourth-order valence-electron chi connectivity index (χ4n) is 1.97. The van der Waals surface area contributed by atoms with Crippen LogP contribution in [0.3, 0.4) is 0 Å². The van der Waals surface area contributed by atoms with E-state index in [1.165, 1.54) is 24.8 Å². The van der Waals surface area contributed by atoms with Crippen LogP contribution in [0.5, 0.6) is 0 Å². The third kappa shape index (κ3) is 1.53. The number of hydrogen-bond donors (Lipinski definition) is 0. The van der Waals surface area contributed by atoms with Gasteiger partial charge in [-0.25, -0.2) is 0 Å². The van der Waals surface area contributed by atoms with E-state index in [0.717, 1.165) is 10.4 Å². The van der Waals surface area contributed by atoms with Gasteiger partial charge in [0, 0.05) is 15.8 Å². The van der Waals surface area contributed by atoms with Crippen LogP contribution in [-0.4, -0.2) is 5.33 Å². The quantitative estimate of drug-likeness (QED) is 0.700. The van der Waals surface area contributed by atoms with Gasteiger partial charge >= 0.3 is 0 Å². The smallest absolute Gasteiger partial charge is 0.0443 e. The molecule has 0 heterocycles. The molecule has 1 aliphatic carbocycles. The maximum atomic E-state index is 6.18. The first-order valence-corrected chi connectivity index (χ1v) is 6.09. The van der Waals surface area contributed by atoms with Crippen LogP contribution in [0.4, 0.5) is 0 Å². The van der Waals surface area contributed by atoms with E-state index in [1.807, 2.05) is 12.1 Å². The zero-order valence-corrected chi connectivity index (χ0v) is 9.74. The van der Waals surface area contributed by atoms with E-state index in [2.05, 4.69) is 28.1 Å². The lowest BCUT2D eigenvalue weighted by atomic mass is 9.66. The summed E-state index contributed by atoms with van der Waals surface area (Å²) < 4.78 is 0. The van der Waals surface area contributed by atoms with Crippen LogP contribution in [-0.2, 0) is 5.41 Å². The Kier molecular flexibility index (Phi) is 2.66. The summed E-state index contributed by atoms with van der Waals surface area (Å²) in [5, 5.41) is 1.95. The number of alkyl halides is 1. The molecule has 1 aromatic carbocycles. The first-order valence-electron chi connectivity index (χ1n) is 4.59. The highest BCUT2D eigenvalue weighted by atomic mass is 79.9. The van der Waals surface area contributed by atoms with Gasteiger partial charge in [-0.3, -0.25) is 0 Å². The lowest BCUT2D eigenvalue weighted by Gasteiger charge is -2.41. The van der Waals surface area contributed by atoms with E-state index < -0.39 is 0 Å². The summed E-state index contributed by atoms with van der Waals surface area (Å²) in [4.78, 5) is 0. The van der Waals surface area contributed by atoms with Gasteiger partial charge in [-0.05, 0) is 24.5 Å². The highest BCUT2D eigenvalue weighted by Crippen LogP contribution is 2.47. The van der Waals surface area contributed by atoms with Gasteiger partial charge in [0.05, 0.1) is 0 Å². The van der Waals surface area contributed by atoms with E-state index in [-0.39, 0.29) is 0 Å². The molecular formula is C11H12BrCl. The van der Waals surface area contributed by atoms with Crippen molar-refractivity contribution >= 4 is 27.5 Å². The molecule has 0 bridgehead atoms. The van der Waals surface area contributed by atoms with Gasteiger partial charge in [-0.15, -0.1) is 0 Å². The van der Waals surface area contributed by atoms with Gasteiger partial charge in [-0.1, -0.05) is 52.2 Å². The standard InChI is InChI=1S/C11H12BrCl/c12-8-11(6-3-7-11)9-4-1-2-5-10(9)13/h1-2,4-5H,3,6-8H2. The highest BCUT2D eigenvalue weighted by Gasteiger charge is 2.38. The topological polar surface area (TPSA) is 0 Å². The molecule has 2 rings (SSSR count). The Morgan fingerprint density at radius 1 is 1.31 bits per heavy atom. The summed E-state index contributed by atoms with van der Waals surface area (Å²) in [7, 11) is 0. The Bertz CT molecular complexity index is 299. The first-order chi connectivity index (χ1) is 6.28. The Morgan fingerprint density at radius 3 is 2.46 bits per heavy atom. The second-order valence-electron chi connectivity index (χ2n) is 3.75. The fraction of sp³-hybridized carbons (Fsp3) is 0.455. The molecule has 0 aromatic heterocycles. The number of rotatable bonds is 2. The molecule has 0 saturated heterocycles. The number of benzene rings is 1. The van der Waals surface area contributed by atoms with Gasteiger partial charge in [0.15, 0.2) is 0 Å².